The first-order chi connectivity index (χ1) is 9.20. The van der Waals surface area contributed by atoms with Crippen LogP contribution in [0.2, 0.25) is 0 Å². The Hall–Kier alpha value is -1.78. The molecular weight excluding hydrogens is 248 g/mol. The van der Waals surface area contributed by atoms with Gasteiger partial charge in [0.05, 0.1) is 6.04 Å². The highest BCUT2D eigenvalue weighted by atomic mass is 19.1. The SMILES string of the molecule is CC[C@H](F)c1nc2n(n1)[C@H](c1ccccc1)C[C@@H]2F. The smallest absolute Gasteiger partial charge is 0.185 e. The summed E-state index contributed by atoms with van der Waals surface area (Å²) in [4.78, 5) is 4.02. The molecule has 100 valence electrons. The molecule has 1 aromatic heterocycles. The van der Waals surface area contributed by atoms with Crippen molar-refractivity contribution in [2.24, 2.45) is 0 Å². The van der Waals surface area contributed by atoms with Gasteiger partial charge in [-0.3, -0.25) is 0 Å². The van der Waals surface area contributed by atoms with Gasteiger partial charge in [-0.05, 0) is 12.0 Å². The van der Waals surface area contributed by atoms with Crippen molar-refractivity contribution in [2.75, 3.05) is 0 Å². The molecule has 2 aromatic rings. The highest BCUT2D eigenvalue weighted by molar-refractivity contribution is 5.23. The average Bonchev–Trinajstić information content (AvgIpc) is 3.00. The Kier molecular flexibility index (Phi) is 3.05. The van der Waals surface area contributed by atoms with Crippen molar-refractivity contribution in [3.05, 3.63) is 47.5 Å². The van der Waals surface area contributed by atoms with Gasteiger partial charge >= 0.3 is 0 Å². The third-order valence-electron chi connectivity index (χ3n) is 3.50. The van der Waals surface area contributed by atoms with Crippen LogP contribution in [0, 0.1) is 0 Å². The third kappa shape index (κ3) is 2.03. The van der Waals surface area contributed by atoms with Gasteiger partial charge in [-0.2, -0.15) is 5.10 Å². The monoisotopic (exact) mass is 263 g/mol. The Morgan fingerprint density at radius 1 is 1.37 bits per heavy atom. The van der Waals surface area contributed by atoms with E-state index in [-0.39, 0.29) is 17.7 Å². The highest BCUT2D eigenvalue weighted by Crippen LogP contribution is 2.39. The molecule has 1 aliphatic rings. The highest BCUT2D eigenvalue weighted by Gasteiger charge is 2.36. The van der Waals surface area contributed by atoms with Crippen LogP contribution in [0.3, 0.4) is 0 Å². The van der Waals surface area contributed by atoms with Gasteiger partial charge in [0.1, 0.15) is 0 Å². The fraction of sp³-hybridized carbons (Fsp3) is 0.429. The van der Waals surface area contributed by atoms with Crippen LogP contribution in [-0.2, 0) is 0 Å². The molecule has 0 bridgehead atoms. The molecule has 0 N–H and O–H groups in total. The first kappa shape index (κ1) is 12.3. The van der Waals surface area contributed by atoms with Gasteiger partial charge in [0.25, 0.3) is 0 Å². The lowest BCUT2D eigenvalue weighted by atomic mass is 10.0. The predicted molar refractivity (Wildman–Crippen MR) is 67.2 cm³/mol. The lowest BCUT2D eigenvalue weighted by Gasteiger charge is -2.11. The minimum atomic E-state index is -1.22. The largest absolute Gasteiger partial charge is 0.239 e. The molecule has 0 amide bonds. The molecule has 0 spiro atoms. The number of rotatable bonds is 3. The van der Waals surface area contributed by atoms with Crippen molar-refractivity contribution in [2.45, 2.75) is 38.2 Å². The van der Waals surface area contributed by atoms with Crippen LogP contribution in [-0.4, -0.2) is 14.8 Å². The fourth-order valence-corrected chi connectivity index (χ4v) is 2.46. The van der Waals surface area contributed by atoms with Gasteiger partial charge in [-0.1, -0.05) is 37.3 Å². The molecule has 1 aromatic carbocycles. The number of alkyl halides is 2. The number of hydrogen-bond donors (Lipinski definition) is 0. The predicted octanol–water partition coefficient (Wildman–Crippen LogP) is 3.70. The van der Waals surface area contributed by atoms with Crippen molar-refractivity contribution in [3.63, 3.8) is 0 Å². The molecule has 0 saturated carbocycles. The summed E-state index contributed by atoms with van der Waals surface area (Å²) in [6.45, 7) is 1.72. The average molecular weight is 263 g/mol. The van der Waals surface area contributed by atoms with Crippen molar-refractivity contribution in [1.82, 2.24) is 14.8 Å². The molecule has 5 heteroatoms. The minimum absolute atomic E-state index is 0.0979. The molecule has 3 atom stereocenters. The Morgan fingerprint density at radius 3 is 2.79 bits per heavy atom. The molecule has 3 rings (SSSR count). The second-order valence-electron chi connectivity index (χ2n) is 4.78. The van der Waals surface area contributed by atoms with Crippen LogP contribution in [0.15, 0.2) is 30.3 Å². The van der Waals surface area contributed by atoms with E-state index in [2.05, 4.69) is 10.1 Å². The zero-order valence-electron chi connectivity index (χ0n) is 10.6. The van der Waals surface area contributed by atoms with Gasteiger partial charge in [0.15, 0.2) is 24.0 Å². The summed E-state index contributed by atoms with van der Waals surface area (Å²) in [5.41, 5.74) is 0.979. The lowest BCUT2D eigenvalue weighted by molar-refractivity contribution is 0.304. The maximum absolute atomic E-state index is 14.0. The second-order valence-corrected chi connectivity index (χ2v) is 4.78. The topological polar surface area (TPSA) is 30.7 Å². The minimum Gasteiger partial charge on any atom is -0.239 e. The van der Waals surface area contributed by atoms with E-state index in [1.54, 1.807) is 6.92 Å². The molecule has 0 fully saturated rings. The van der Waals surface area contributed by atoms with E-state index in [0.717, 1.165) is 5.56 Å². The number of nitrogens with zero attached hydrogens (tertiary/aromatic N) is 3. The van der Waals surface area contributed by atoms with Crippen LogP contribution in [0.5, 0.6) is 0 Å². The van der Waals surface area contributed by atoms with Crippen molar-refractivity contribution >= 4 is 0 Å². The van der Waals surface area contributed by atoms with Crippen LogP contribution >= 0.6 is 0 Å². The summed E-state index contributed by atoms with van der Waals surface area (Å²) < 4.78 is 29.1. The number of benzene rings is 1. The number of aromatic nitrogens is 3. The summed E-state index contributed by atoms with van der Waals surface area (Å²) in [5.74, 6) is 0.348. The van der Waals surface area contributed by atoms with E-state index in [9.17, 15) is 8.78 Å². The molecule has 1 aliphatic heterocycles. The van der Waals surface area contributed by atoms with E-state index in [4.69, 9.17) is 0 Å². The number of hydrogen-bond acceptors (Lipinski definition) is 2. The maximum atomic E-state index is 14.0. The summed E-state index contributed by atoms with van der Waals surface area (Å²) >= 11 is 0. The normalized spacial score (nSPS) is 23.3. The van der Waals surface area contributed by atoms with Gasteiger partial charge < -0.3 is 0 Å². The summed E-state index contributed by atoms with van der Waals surface area (Å²) in [6, 6.07) is 9.40. The van der Waals surface area contributed by atoms with Crippen LogP contribution in [0.4, 0.5) is 8.78 Å². The zero-order valence-corrected chi connectivity index (χ0v) is 10.6. The summed E-state index contributed by atoms with van der Waals surface area (Å²) in [7, 11) is 0. The molecule has 0 unspecified atom stereocenters. The first-order valence-corrected chi connectivity index (χ1v) is 6.50. The second kappa shape index (κ2) is 4.72. The van der Waals surface area contributed by atoms with Gasteiger partial charge in [0, 0.05) is 6.42 Å². The van der Waals surface area contributed by atoms with Crippen molar-refractivity contribution < 1.29 is 8.78 Å². The molecule has 3 nitrogen and oxygen atoms in total. The van der Waals surface area contributed by atoms with Crippen LogP contribution in [0.25, 0.3) is 0 Å². The fourth-order valence-electron chi connectivity index (χ4n) is 2.46. The van der Waals surface area contributed by atoms with E-state index >= 15 is 0 Å². The van der Waals surface area contributed by atoms with E-state index in [1.807, 2.05) is 30.3 Å². The van der Waals surface area contributed by atoms with Crippen LogP contribution < -0.4 is 0 Å². The van der Waals surface area contributed by atoms with Gasteiger partial charge in [-0.25, -0.2) is 18.4 Å². The van der Waals surface area contributed by atoms with Gasteiger partial charge in [-0.15, -0.1) is 0 Å². The molecule has 0 saturated heterocycles. The third-order valence-corrected chi connectivity index (χ3v) is 3.50. The van der Waals surface area contributed by atoms with Crippen LogP contribution in [0.1, 0.15) is 55.4 Å². The lowest BCUT2D eigenvalue weighted by Crippen LogP contribution is -2.08. The van der Waals surface area contributed by atoms with E-state index in [1.165, 1.54) is 4.68 Å². The Bertz CT molecular complexity index is 567. The van der Waals surface area contributed by atoms with Crippen molar-refractivity contribution in [3.8, 4) is 0 Å². The van der Waals surface area contributed by atoms with E-state index < -0.39 is 12.3 Å². The van der Waals surface area contributed by atoms with E-state index in [0.29, 0.717) is 12.8 Å². The first-order valence-electron chi connectivity index (χ1n) is 6.50. The molecule has 19 heavy (non-hydrogen) atoms. The van der Waals surface area contributed by atoms with Crippen molar-refractivity contribution in [1.29, 1.82) is 0 Å². The Balaban J connectivity index is 1.99. The zero-order chi connectivity index (χ0) is 13.4. The molecule has 2 heterocycles. The molecule has 0 aliphatic carbocycles. The number of fused-ring (bicyclic) bond motifs is 1. The molecule has 0 radical (unpaired) electrons. The quantitative estimate of drug-likeness (QED) is 0.845. The number of halogens is 2. The summed E-state index contributed by atoms with van der Waals surface area (Å²) in [6.07, 6.45) is -1.77. The Morgan fingerprint density at radius 2 is 2.11 bits per heavy atom. The molecular formula is C14H15F2N3. The maximum Gasteiger partial charge on any atom is 0.185 e. The standard InChI is InChI=1S/C14H15F2N3/c1-2-10(15)13-17-14-11(16)8-12(19(14)18-13)9-6-4-3-5-7-9/h3-7,10-12H,2,8H2,1H3/t10-,11-,12-/m0/s1. The summed E-state index contributed by atoms with van der Waals surface area (Å²) in [5, 5.41) is 4.16. The Labute approximate surface area is 110 Å². The van der Waals surface area contributed by atoms with Gasteiger partial charge in [0.2, 0.25) is 0 Å².